The van der Waals surface area contributed by atoms with Gasteiger partial charge < -0.3 is 10.2 Å². The van der Waals surface area contributed by atoms with Crippen molar-refractivity contribution in [2.24, 2.45) is 0 Å². The van der Waals surface area contributed by atoms with Crippen LogP contribution in [0, 0.1) is 0 Å². The van der Waals surface area contributed by atoms with Crippen molar-refractivity contribution < 1.29 is 10.2 Å². The van der Waals surface area contributed by atoms with Gasteiger partial charge in [0.05, 0.1) is 0 Å². The van der Waals surface area contributed by atoms with Gasteiger partial charge in [-0.05, 0) is 58.0 Å². The van der Waals surface area contributed by atoms with E-state index in [1.807, 2.05) is 44.2 Å². The molecule has 0 fully saturated rings. The Balaban J connectivity index is 0.000000204. The van der Waals surface area contributed by atoms with Gasteiger partial charge in [-0.15, -0.1) is 0 Å². The lowest BCUT2D eigenvalue weighted by atomic mass is 9.99. The number of hydrogen-bond acceptors (Lipinski definition) is 2. The van der Waals surface area contributed by atoms with E-state index in [-0.39, 0.29) is 11.5 Å². The summed E-state index contributed by atoms with van der Waals surface area (Å²) >= 11 is 0. The Morgan fingerprint density at radius 2 is 0.774 bits per heavy atom. The van der Waals surface area contributed by atoms with Crippen molar-refractivity contribution in [3.8, 4) is 33.8 Å². The fraction of sp³-hybridized carbons (Fsp3) is 0.172. The minimum absolute atomic E-state index is 0.257. The van der Waals surface area contributed by atoms with Crippen LogP contribution in [0.2, 0.25) is 0 Å². The Kier molecular flexibility index (Phi) is 9.38. The van der Waals surface area contributed by atoms with Gasteiger partial charge in [-0.25, -0.2) is 0 Å². The third-order valence-electron chi connectivity index (χ3n) is 4.75. The molecule has 2 N–H and O–H groups in total. The monoisotopic (exact) mass is 412 g/mol. The van der Waals surface area contributed by atoms with E-state index in [4.69, 9.17) is 10.2 Å². The number of rotatable bonds is 3. The standard InChI is InChI=1S/C15H16.C12H10O2.C2H6/c1-12(2)13-8-10-15(11-9-13)14-6-4-3-5-7-14;13-11-5-1-9(2-6-11)10-3-7-12(14)8-4-10;1-2/h3-12H,1-2H3;1-8,13-14H;1-2H3. The predicted molar refractivity (Wildman–Crippen MR) is 133 cm³/mol. The summed E-state index contributed by atoms with van der Waals surface area (Å²) in [6.07, 6.45) is 0. The fourth-order valence-electron chi connectivity index (χ4n) is 3.00. The molecule has 4 aromatic rings. The normalized spacial score (nSPS) is 9.84. The van der Waals surface area contributed by atoms with Crippen LogP contribution in [0.5, 0.6) is 11.5 Å². The van der Waals surface area contributed by atoms with Crippen molar-refractivity contribution in [1.29, 1.82) is 0 Å². The summed E-state index contributed by atoms with van der Waals surface area (Å²) < 4.78 is 0. The van der Waals surface area contributed by atoms with E-state index in [1.165, 1.54) is 16.7 Å². The highest BCUT2D eigenvalue weighted by Crippen LogP contribution is 2.24. The molecule has 2 heteroatoms. The molecule has 0 aliphatic carbocycles. The summed E-state index contributed by atoms with van der Waals surface area (Å²) in [5, 5.41) is 18.2. The molecule has 0 spiro atoms. The van der Waals surface area contributed by atoms with Gasteiger partial charge in [0.2, 0.25) is 0 Å². The first-order chi connectivity index (χ1) is 15.0. The number of phenolic OH excluding ortho intramolecular Hbond substituents is 2. The number of hydrogen-bond donors (Lipinski definition) is 2. The van der Waals surface area contributed by atoms with Gasteiger partial charge in [-0.3, -0.25) is 0 Å². The molecule has 31 heavy (non-hydrogen) atoms. The topological polar surface area (TPSA) is 40.5 Å². The van der Waals surface area contributed by atoms with E-state index in [9.17, 15) is 0 Å². The number of phenols is 2. The zero-order valence-corrected chi connectivity index (χ0v) is 18.8. The van der Waals surface area contributed by atoms with Crippen LogP contribution < -0.4 is 0 Å². The Morgan fingerprint density at radius 1 is 0.452 bits per heavy atom. The predicted octanol–water partition coefficient (Wildman–Crippen LogP) is 8.27. The van der Waals surface area contributed by atoms with Crippen molar-refractivity contribution in [1.82, 2.24) is 0 Å². The SMILES string of the molecule is CC.CC(C)c1ccc(-c2ccccc2)cc1.Oc1ccc(-c2ccc(O)cc2)cc1. The largest absolute Gasteiger partial charge is 0.508 e. The first-order valence-electron chi connectivity index (χ1n) is 10.8. The molecule has 0 saturated heterocycles. The van der Waals surface area contributed by atoms with Gasteiger partial charge >= 0.3 is 0 Å². The second-order valence-corrected chi connectivity index (χ2v) is 7.24. The van der Waals surface area contributed by atoms with Crippen molar-refractivity contribution in [2.75, 3.05) is 0 Å². The van der Waals surface area contributed by atoms with Crippen molar-refractivity contribution in [3.05, 3.63) is 109 Å². The van der Waals surface area contributed by atoms with E-state index >= 15 is 0 Å². The van der Waals surface area contributed by atoms with Gasteiger partial charge in [-0.1, -0.05) is 107 Å². The maximum Gasteiger partial charge on any atom is 0.115 e. The summed E-state index contributed by atoms with van der Waals surface area (Å²) in [4.78, 5) is 0. The maximum atomic E-state index is 9.11. The van der Waals surface area contributed by atoms with Crippen LogP contribution in [-0.4, -0.2) is 10.2 Å². The molecule has 0 unspecified atom stereocenters. The Hall–Kier alpha value is -3.52. The summed E-state index contributed by atoms with van der Waals surface area (Å²) in [6, 6.07) is 33.2. The highest BCUT2D eigenvalue weighted by Gasteiger charge is 2.00. The zero-order chi connectivity index (χ0) is 22.6. The molecular formula is C29H32O2. The van der Waals surface area contributed by atoms with Crippen molar-refractivity contribution in [3.63, 3.8) is 0 Å². The van der Waals surface area contributed by atoms with Crippen molar-refractivity contribution >= 4 is 0 Å². The number of aromatic hydroxyl groups is 2. The number of benzene rings is 4. The smallest absolute Gasteiger partial charge is 0.115 e. The quantitative estimate of drug-likeness (QED) is 0.355. The maximum absolute atomic E-state index is 9.11. The molecule has 4 rings (SSSR count). The van der Waals surface area contributed by atoms with E-state index < -0.39 is 0 Å². The molecule has 0 heterocycles. The average Bonchev–Trinajstić information content (AvgIpc) is 2.83. The second-order valence-electron chi connectivity index (χ2n) is 7.24. The molecule has 0 aromatic heterocycles. The Morgan fingerprint density at radius 3 is 1.13 bits per heavy atom. The van der Waals surface area contributed by atoms with Gasteiger partial charge in [0.1, 0.15) is 11.5 Å². The molecular weight excluding hydrogens is 380 g/mol. The molecule has 0 amide bonds. The van der Waals surface area contributed by atoms with Crippen LogP contribution in [0.3, 0.4) is 0 Å². The molecule has 0 atom stereocenters. The van der Waals surface area contributed by atoms with Crippen LogP contribution in [-0.2, 0) is 0 Å². The van der Waals surface area contributed by atoms with E-state index in [0.717, 1.165) is 11.1 Å². The Bertz CT molecular complexity index is 958. The van der Waals surface area contributed by atoms with Gasteiger partial charge in [0.25, 0.3) is 0 Å². The van der Waals surface area contributed by atoms with Crippen LogP contribution in [0.25, 0.3) is 22.3 Å². The van der Waals surface area contributed by atoms with E-state index in [1.54, 1.807) is 24.3 Å². The highest BCUT2D eigenvalue weighted by atomic mass is 16.3. The molecule has 0 saturated carbocycles. The summed E-state index contributed by atoms with van der Waals surface area (Å²) in [6.45, 7) is 8.44. The second kappa shape index (κ2) is 12.2. The van der Waals surface area contributed by atoms with Crippen LogP contribution >= 0.6 is 0 Å². The molecule has 0 aliphatic rings. The zero-order valence-electron chi connectivity index (χ0n) is 18.8. The van der Waals surface area contributed by atoms with Crippen LogP contribution in [0.4, 0.5) is 0 Å². The molecule has 160 valence electrons. The van der Waals surface area contributed by atoms with Crippen molar-refractivity contribution in [2.45, 2.75) is 33.6 Å². The molecule has 0 aliphatic heterocycles. The first kappa shape index (κ1) is 23.8. The van der Waals surface area contributed by atoms with E-state index in [2.05, 4.69) is 62.4 Å². The summed E-state index contributed by atoms with van der Waals surface area (Å²) in [7, 11) is 0. The Labute approximate surface area is 186 Å². The minimum Gasteiger partial charge on any atom is -0.508 e. The fourth-order valence-corrected chi connectivity index (χ4v) is 3.00. The lowest BCUT2D eigenvalue weighted by molar-refractivity contribution is 0.474. The van der Waals surface area contributed by atoms with Gasteiger partial charge in [-0.2, -0.15) is 0 Å². The minimum atomic E-state index is 0.257. The molecule has 4 aromatic carbocycles. The summed E-state index contributed by atoms with van der Waals surface area (Å²) in [5.74, 6) is 1.12. The third-order valence-corrected chi connectivity index (χ3v) is 4.75. The van der Waals surface area contributed by atoms with Crippen LogP contribution in [0.1, 0.15) is 39.2 Å². The third kappa shape index (κ3) is 7.35. The summed E-state index contributed by atoms with van der Waals surface area (Å²) in [5.41, 5.74) is 6.01. The average molecular weight is 413 g/mol. The molecule has 0 radical (unpaired) electrons. The first-order valence-corrected chi connectivity index (χ1v) is 10.8. The van der Waals surface area contributed by atoms with Gasteiger partial charge in [0, 0.05) is 0 Å². The van der Waals surface area contributed by atoms with Gasteiger partial charge in [0.15, 0.2) is 0 Å². The molecule has 0 bridgehead atoms. The van der Waals surface area contributed by atoms with E-state index in [0.29, 0.717) is 5.92 Å². The van der Waals surface area contributed by atoms with Crippen LogP contribution in [0.15, 0.2) is 103 Å². The lowest BCUT2D eigenvalue weighted by Gasteiger charge is -2.06. The molecule has 2 nitrogen and oxygen atoms in total. The highest BCUT2D eigenvalue weighted by molar-refractivity contribution is 5.65. The lowest BCUT2D eigenvalue weighted by Crippen LogP contribution is -1.86.